The molecule has 8 heteroatoms. The minimum atomic E-state index is -0.651. The molecule has 35 heavy (non-hydrogen) atoms. The molecule has 4 rings (SSSR count). The molecule has 1 fully saturated rings. The van der Waals surface area contributed by atoms with E-state index in [2.05, 4.69) is 22.3 Å². The van der Waals surface area contributed by atoms with Gasteiger partial charge < -0.3 is 9.84 Å². The summed E-state index contributed by atoms with van der Waals surface area (Å²) < 4.78 is 34.6. The van der Waals surface area contributed by atoms with Crippen molar-refractivity contribution in [3.8, 4) is 0 Å². The zero-order valence-corrected chi connectivity index (χ0v) is 20.1. The Morgan fingerprint density at radius 1 is 1.09 bits per heavy atom. The highest BCUT2D eigenvalue weighted by Gasteiger charge is 2.45. The molecular weight excluding hydrogens is 452 g/mol. The molecule has 0 aliphatic heterocycles. The number of H-pyrrole nitrogens is 1. The van der Waals surface area contributed by atoms with E-state index in [1.165, 1.54) is 6.33 Å². The van der Waals surface area contributed by atoms with Crippen molar-refractivity contribution in [1.82, 2.24) is 14.8 Å². The average Bonchev–Trinajstić information content (AvgIpc) is 3.35. The Morgan fingerprint density at radius 2 is 1.74 bits per heavy atom. The van der Waals surface area contributed by atoms with Gasteiger partial charge in [0.1, 0.15) is 19.7 Å². The zero-order chi connectivity index (χ0) is 24.9. The fraction of sp³-hybridized carbons (Fsp3) is 0.481. The molecule has 1 atom stereocenters. The van der Waals surface area contributed by atoms with Gasteiger partial charge in [-0.25, -0.2) is 18.7 Å². The van der Waals surface area contributed by atoms with Crippen molar-refractivity contribution >= 4 is 0 Å². The van der Waals surface area contributed by atoms with E-state index < -0.39 is 18.9 Å². The molecule has 6 nitrogen and oxygen atoms in total. The Kier molecular flexibility index (Phi) is 7.82. The van der Waals surface area contributed by atoms with Crippen molar-refractivity contribution in [3.63, 3.8) is 0 Å². The van der Waals surface area contributed by atoms with Crippen molar-refractivity contribution in [1.29, 1.82) is 0 Å². The van der Waals surface area contributed by atoms with Gasteiger partial charge >= 0.3 is 5.69 Å². The monoisotopic (exact) mass is 485 g/mol. The van der Waals surface area contributed by atoms with Crippen LogP contribution < -0.4 is 5.69 Å². The van der Waals surface area contributed by atoms with Crippen LogP contribution in [0.5, 0.6) is 0 Å². The highest BCUT2D eigenvalue weighted by Crippen LogP contribution is 2.48. The van der Waals surface area contributed by atoms with Crippen LogP contribution in [0.25, 0.3) is 0 Å². The van der Waals surface area contributed by atoms with Gasteiger partial charge in [0.15, 0.2) is 0 Å². The zero-order valence-electron chi connectivity index (χ0n) is 20.1. The third-order valence-electron chi connectivity index (χ3n) is 7.63. The van der Waals surface area contributed by atoms with Gasteiger partial charge in [0.05, 0.1) is 18.2 Å². The van der Waals surface area contributed by atoms with Gasteiger partial charge in [-0.2, -0.15) is 5.10 Å². The van der Waals surface area contributed by atoms with E-state index in [4.69, 9.17) is 4.74 Å². The molecule has 1 heterocycles. The second-order valence-electron chi connectivity index (χ2n) is 9.68. The van der Waals surface area contributed by atoms with Crippen LogP contribution in [0.15, 0.2) is 59.7 Å². The topological polar surface area (TPSA) is 80.1 Å². The van der Waals surface area contributed by atoms with Crippen LogP contribution >= 0.6 is 0 Å². The van der Waals surface area contributed by atoms with Crippen LogP contribution in [0.1, 0.15) is 67.4 Å². The highest BCUT2D eigenvalue weighted by atomic mass is 19.1. The minimum Gasteiger partial charge on any atom is -0.396 e. The molecule has 0 radical (unpaired) electrons. The number of aliphatic hydroxyl groups excluding tert-OH is 1. The minimum absolute atomic E-state index is 0.0225. The first-order valence-corrected chi connectivity index (χ1v) is 12.1. The number of alkyl halides is 2. The summed E-state index contributed by atoms with van der Waals surface area (Å²) in [7, 11) is 0. The SMILES string of the molecule is C[C@@H](OC[C@]1(c2ccccc2)CC[C@](CCO)(n2cn[nH]c2=O)CC1)c1cc(CF)cc(CF)c1. The van der Waals surface area contributed by atoms with Crippen LogP contribution in [-0.4, -0.2) is 33.1 Å². The molecule has 188 valence electrons. The van der Waals surface area contributed by atoms with Crippen LogP contribution in [0, 0.1) is 0 Å². The number of ether oxygens (including phenoxy) is 1. The fourth-order valence-corrected chi connectivity index (χ4v) is 5.47. The van der Waals surface area contributed by atoms with Gasteiger partial charge in [0, 0.05) is 12.0 Å². The Balaban J connectivity index is 1.59. The number of aliphatic hydroxyl groups is 1. The van der Waals surface area contributed by atoms with Gasteiger partial charge in [0.2, 0.25) is 0 Å². The van der Waals surface area contributed by atoms with E-state index >= 15 is 0 Å². The quantitative estimate of drug-likeness (QED) is 0.429. The second-order valence-corrected chi connectivity index (χ2v) is 9.68. The van der Waals surface area contributed by atoms with E-state index in [9.17, 15) is 18.7 Å². The Bertz CT molecular complexity index is 1130. The van der Waals surface area contributed by atoms with Crippen molar-refractivity contribution < 1.29 is 18.6 Å². The first kappa shape index (κ1) is 25.3. The fourth-order valence-electron chi connectivity index (χ4n) is 5.47. The molecular formula is C27H33F2N3O3. The van der Waals surface area contributed by atoms with Gasteiger partial charge in [-0.3, -0.25) is 4.57 Å². The van der Waals surface area contributed by atoms with Crippen molar-refractivity contribution in [2.75, 3.05) is 13.2 Å². The Morgan fingerprint density at radius 3 is 2.29 bits per heavy atom. The van der Waals surface area contributed by atoms with E-state index in [1.54, 1.807) is 22.8 Å². The smallest absolute Gasteiger partial charge is 0.343 e. The number of aromatic nitrogens is 3. The van der Waals surface area contributed by atoms with Crippen LogP contribution in [0.2, 0.25) is 0 Å². The molecule has 1 aliphatic rings. The highest BCUT2D eigenvalue weighted by molar-refractivity contribution is 5.31. The standard InChI is InChI=1S/C27H33F2N3O3/c1-20(23-14-21(16-28)13-22(15-23)17-29)35-18-26(24-5-3-2-4-6-24)7-9-27(10-8-26,11-12-33)32-19-30-31-25(32)34/h2-6,13-15,19-20,33H,7-12,16-18H2,1H3,(H,31,34)/t20-,26-,27-/m1/s1. The Hall–Kier alpha value is -2.84. The maximum atomic E-state index is 13.3. The van der Waals surface area contributed by atoms with Gasteiger partial charge in [0.25, 0.3) is 0 Å². The predicted molar refractivity (Wildman–Crippen MR) is 130 cm³/mol. The lowest BCUT2D eigenvalue weighted by Crippen LogP contribution is -2.48. The summed E-state index contributed by atoms with van der Waals surface area (Å²) in [5.74, 6) is 0. The maximum Gasteiger partial charge on any atom is 0.343 e. The maximum absolute atomic E-state index is 13.3. The first-order valence-electron chi connectivity index (χ1n) is 12.1. The molecule has 2 aromatic carbocycles. The van der Waals surface area contributed by atoms with Gasteiger partial charge in [-0.1, -0.05) is 48.5 Å². The van der Waals surface area contributed by atoms with Gasteiger partial charge in [-0.15, -0.1) is 0 Å². The summed E-state index contributed by atoms with van der Waals surface area (Å²) in [5.41, 5.74) is 1.74. The summed E-state index contributed by atoms with van der Waals surface area (Å²) in [6.07, 6.45) is 4.52. The largest absolute Gasteiger partial charge is 0.396 e. The lowest BCUT2D eigenvalue weighted by Gasteiger charge is -2.47. The van der Waals surface area contributed by atoms with Crippen LogP contribution in [0.4, 0.5) is 8.78 Å². The molecule has 0 amide bonds. The van der Waals surface area contributed by atoms with E-state index in [1.807, 2.05) is 25.1 Å². The molecule has 1 saturated carbocycles. The van der Waals surface area contributed by atoms with E-state index in [-0.39, 0.29) is 23.8 Å². The molecule has 0 bridgehead atoms. The second kappa shape index (κ2) is 10.8. The van der Waals surface area contributed by atoms with E-state index in [0.717, 1.165) is 24.0 Å². The number of hydrogen-bond acceptors (Lipinski definition) is 4. The lowest BCUT2D eigenvalue weighted by atomic mass is 9.63. The molecule has 1 aliphatic carbocycles. The third kappa shape index (κ3) is 5.23. The first-order chi connectivity index (χ1) is 16.9. The normalized spacial score (nSPS) is 23.3. The van der Waals surface area contributed by atoms with Crippen molar-refractivity contribution in [2.45, 2.75) is 69.4 Å². The molecule has 1 aromatic heterocycles. The summed E-state index contributed by atoms with van der Waals surface area (Å²) in [6.45, 7) is 1.01. The number of hydrogen-bond donors (Lipinski definition) is 2. The number of nitrogens with zero attached hydrogens (tertiary/aromatic N) is 2. The van der Waals surface area contributed by atoms with Gasteiger partial charge in [-0.05, 0) is 61.3 Å². The third-order valence-corrected chi connectivity index (χ3v) is 7.63. The molecule has 3 aromatic rings. The lowest BCUT2D eigenvalue weighted by molar-refractivity contribution is -0.00536. The summed E-state index contributed by atoms with van der Waals surface area (Å²) in [5, 5.41) is 16.2. The molecule has 0 saturated heterocycles. The number of benzene rings is 2. The number of nitrogens with one attached hydrogen (secondary N) is 1. The number of rotatable bonds is 10. The van der Waals surface area contributed by atoms with E-state index in [0.29, 0.717) is 37.0 Å². The van der Waals surface area contributed by atoms with Crippen LogP contribution in [0.3, 0.4) is 0 Å². The summed E-state index contributed by atoms with van der Waals surface area (Å²) in [4.78, 5) is 12.4. The Labute approximate surface area is 204 Å². The molecule has 2 N–H and O–H groups in total. The summed E-state index contributed by atoms with van der Waals surface area (Å²) in [6, 6.07) is 15.2. The number of halogens is 2. The average molecular weight is 486 g/mol. The predicted octanol–water partition coefficient (Wildman–Crippen LogP) is 4.88. The van der Waals surface area contributed by atoms with Crippen molar-refractivity contribution in [2.24, 2.45) is 0 Å². The summed E-state index contributed by atoms with van der Waals surface area (Å²) >= 11 is 0. The van der Waals surface area contributed by atoms with Crippen LogP contribution in [-0.2, 0) is 29.0 Å². The molecule has 0 spiro atoms. The van der Waals surface area contributed by atoms with Crippen molar-refractivity contribution in [3.05, 3.63) is 87.6 Å². The molecule has 0 unspecified atom stereocenters. The number of aromatic amines is 1.